The van der Waals surface area contributed by atoms with Crippen LogP contribution in [0.3, 0.4) is 0 Å². The Hall–Kier alpha value is -2.55. The summed E-state index contributed by atoms with van der Waals surface area (Å²) in [7, 11) is 0. The van der Waals surface area contributed by atoms with Crippen molar-refractivity contribution in [3.05, 3.63) is 62.8 Å². The van der Waals surface area contributed by atoms with E-state index in [0.29, 0.717) is 23.8 Å². The SMILES string of the molecule is CCc1ccc(NC(=O)CN2CCc3nc(NC(=O)c4ccsc4)sc3C2)cc1. The zero-order valence-electron chi connectivity index (χ0n) is 16.1. The number of aromatic nitrogens is 1. The van der Waals surface area contributed by atoms with Crippen molar-refractivity contribution < 1.29 is 9.59 Å². The van der Waals surface area contributed by atoms with E-state index in [-0.39, 0.29) is 11.8 Å². The molecule has 3 heterocycles. The van der Waals surface area contributed by atoms with Crippen LogP contribution >= 0.6 is 22.7 Å². The smallest absolute Gasteiger partial charge is 0.258 e. The molecular formula is C21H22N4O2S2. The molecule has 2 aromatic heterocycles. The van der Waals surface area contributed by atoms with Crippen molar-refractivity contribution in [3.8, 4) is 0 Å². The Labute approximate surface area is 177 Å². The first-order chi connectivity index (χ1) is 14.1. The highest BCUT2D eigenvalue weighted by Gasteiger charge is 2.23. The van der Waals surface area contributed by atoms with Crippen LogP contribution in [0.4, 0.5) is 10.8 Å². The summed E-state index contributed by atoms with van der Waals surface area (Å²) in [6.45, 7) is 3.89. The van der Waals surface area contributed by atoms with E-state index >= 15 is 0 Å². The molecule has 8 heteroatoms. The first-order valence-corrected chi connectivity index (χ1v) is 11.3. The second-order valence-electron chi connectivity index (χ2n) is 6.91. The van der Waals surface area contributed by atoms with Crippen LogP contribution in [0.2, 0.25) is 0 Å². The molecular weight excluding hydrogens is 404 g/mol. The van der Waals surface area contributed by atoms with Gasteiger partial charge in [0.15, 0.2) is 5.13 Å². The van der Waals surface area contributed by atoms with Crippen molar-refractivity contribution in [1.82, 2.24) is 9.88 Å². The molecule has 2 N–H and O–H groups in total. The summed E-state index contributed by atoms with van der Waals surface area (Å²) in [6, 6.07) is 9.75. The van der Waals surface area contributed by atoms with E-state index in [9.17, 15) is 9.59 Å². The molecule has 1 aliphatic heterocycles. The minimum atomic E-state index is -0.136. The number of nitrogens with one attached hydrogen (secondary N) is 2. The fourth-order valence-corrected chi connectivity index (χ4v) is 4.91. The number of anilines is 2. The summed E-state index contributed by atoms with van der Waals surface area (Å²) in [4.78, 5) is 32.4. The molecule has 0 unspecified atom stereocenters. The van der Waals surface area contributed by atoms with Crippen LogP contribution < -0.4 is 10.6 Å². The first-order valence-electron chi connectivity index (χ1n) is 9.54. The van der Waals surface area contributed by atoms with E-state index < -0.39 is 0 Å². The monoisotopic (exact) mass is 426 g/mol. The molecule has 29 heavy (non-hydrogen) atoms. The molecule has 6 nitrogen and oxygen atoms in total. The van der Waals surface area contributed by atoms with Gasteiger partial charge in [-0.2, -0.15) is 11.3 Å². The van der Waals surface area contributed by atoms with Gasteiger partial charge in [-0.05, 0) is 35.6 Å². The first kappa shape index (κ1) is 19.8. The molecule has 1 aromatic carbocycles. The van der Waals surface area contributed by atoms with Crippen molar-refractivity contribution in [2.45, 2.75) is 26.3 Å². The quantitative estimate of drug-likeness (QED) is 0.624. The van der Waals surface area contributed by atoms with Gasteiger partial charge >= 0.3 is 0 Å². The molecule has 0 spiro atoms. The van der Waals surface area contributed by atoms with Crippen molar-refractivity contribution in [3.63, 3.8) is 0 Å². The second kappa shape index (κ2) is 8.86. The molecule has 0 radical (unpaired) electrons. The van der Waals surface area contributed by atoms with Gasteiger partial charge in [-0.3, -0.25) is 19.8 Å². The Morgan fingerprint density at radius 3 is 2.72 bits per heavy atom. The molecule has 0 bridgehead atoms. The number of aryl methyl sites for hydroxylation is 1. The zero-order chi connectivity index (χ0) is 20.2. The summed E-state index contributed by atoms with van der Waals surface area (Å²) < 4.78 is 0. The molecule has 0 saturated heterocycles. The number of fused-ring (bicyclic) bond motifs is 1. The molecule has 1 aliphatic rings. The molecule has 0 fully saturated rings. The van der Waals surface area contributed by atoms with Gasteiger partial charge in [-0.15, -0.1) is 11.3 Å². The normalized spacial score (nSPS) is 13.7. The van der Waals surface area contributed by atoms with Crippen molar-refractivity contribution in [1.29, 1.82) is 0 Å². The Kier molecular flexibility index (Phi) is 6.03. The molecule has 0 atom stereocenters. The number of benzene rings is 1. The number of carbonyl (C=O) groups excluding carboxylic acids is 2. The van der Waals surface area contributed by atoms with E-state index in [1.54, 1.807) is 6.07 Å². The highest BCUT2D eigenvalue weighted by Crippen LogP contribution is 2.28. The van der Waals surface area contributed by atoms with Gasteiger partial charge in [-0.1, -0.05) is 19.1 Å². The van der Waals surface area contributed by atoms with Gasteiger partial charge < -0.3 is 5.32 Å². The lowest BCUT2D eigenvalue weighted by atomic mass is 10.1. The number of thiazole rings is 1. The van der Waals surface area contributed by atoms with Gasteiger partial charge in [0, 0.05) is 35.5 Å². The van der Waals surface area contributed by atoms with Crippen LogP contribution in [0.1, 0.15) is 33.4 Å². The van der Waals surface area contributed by atoms with Gasteiger partial charge in [0.2, 0.25) is 5.91 Å². The number of hydrogen-bond acceptors (Lipinski definition) is 6. The largest absolute Gasteiger partial charge is 0.325 e. The molecule has 2 amide bonds. The predicted octanol–water partition coefficient (Wildman–Crippen LogP) is 4.02. The van der Waals surface area contributed by atoms with Gasteiger partial charge in [0.1, 0.15) is 0 Å². The number of nitrogens with zero attached hydrogens (tertiary/aromatic N) is 2. The number of hydrogen-bond donors (Lipinski definition) is 2. The number of carbonyl (C=O) groups is 2. The molecule has 4 rings (SSSR count). The average molecular weight is 427 g/mol. The van der Waals surface area contributed by atoms with Crippen LogP contribution in [0.25, 0.3) is 0 Å². The number of thiophene rings is 1. The maximum Gasteiger partial charge on any atom is 0.258 e. The Bertz CT molecular complexity index is 996. The summed E-state index contributed by atoms with van der Waals surface area (Å²) in [5, 5.41) is 10.2. The standard InChI is InChI=1S/C21H22N4O2S2/c1-2-14-3-5-16(6-4-14)22-19(26)12-25-9-7-17-18(11-25)29-21(23-17)24-20(27)15-8-10-28-13-15/h3-6,8,10,13H,2,7,9,11-12H2,1H3,(H,22,26)(H,23,24,27). The third-order valence-corrected chi connectivity index (χ3v) is 6.51. The Balaban J connectivity index is 1.32. The van der Waals surface area contributed by atoms with Gasteiger partial charge in [0.05, 0.1) is 17.8 Å². The molecule has 0 saturated carbocycles. The lowest BCUT2D eigenvalue weighted by Crippen LogP contribution is -2.36. The van der Waals surface area contributed by atoms with E-state index in [1.165, 1.54) is 28.2 Å². The summed E-state index contributed by atoms with van der Waals surface area (Å²) in [6.07, 6.45) is 1.76. The molecule has 3 aromatic rings. The van der Waals surface area contributed by atoms with Gasteiger partial charge in [-0.25, -0.2) is 4.98 Å². The minimum absolute atomic E-state index is 0.0202. The topological polar surface area (TPSA) is 74.3 Å². The van der Waals surface area contributed by atoms with Gasteiger partial charge in [0.25, 0.3) is 5.91 Å². The van der Waals surface area contributed by atoms with Crippen molar-refractivity contribution in [2.24, 2.45) is 0 Å². The average Bonchev–Trinajstić information content (AvgIpc) is 3.37. The maximum atomic E-state index is 12.4. The van der Waals surface area contributed by atoms with E-state index in [2.05, 4.69) is 27.4 Å². The van der Waals surface area contributed by atoms with E-state index in [4.69, 9.17) is 0 Å². The highest BCUT2D eigenvalue weighted by atomic mass is 32.1. The molecule has 0 aliphatic carbocycles. The third-order valence-electron chi connectivity index (χ3n) is 4.83. The number of rotatable bonds is 6. The summed E-state index contributed by atoms with van der Waals surface area (Å²) in [5.41, 5.74) is 3.73. The van der Waals surface area contributed by atoms with E-state index in [0.717, 1.165) is 35.6 Å². The lowest BCUT2D eigenvalue weighted by molar-refractivity contribution is -0.117. The van der Waals surface area contributed by atoms with Crippen LogP contribution in [-0.2, 0) is 24.2 Å². The molecule has 150 valence electrons. The zero-order valence-corrected chi connectivity index (χ0v) is 17.7. The third kappa shape index (κ3) is 4.90. The summed E-state index contributed by atoms with van der Waals surface area (Å²) in [5.74, 6) is -0.157. The van der Waals surface area contributed by atoms with Crippen LogP contribution in [0, 0.1) is 0 Å². The summed E-state index contributed by atoms with van der Waals surface area (Å²) >= 11 is 2.98. The van der Waals surface area contributed by atoms with Crippen molar-refractivity contribution >= 4 is 45.3 Å². The van der Waals surface area contributed by atoms with Crippen LogP contribution in [-0.4, -0.2) is 34.8 Å². The highest BCUT2D eigenvalue weighted by molar-refractivity contribution is 7.16. The fraction of sp³-hybridized carbons (Fsp3) is 0.286. The lowest BCUT2D eigenvalue weighted by Gasteiger charge is -2.25. The fourth-order valence-electron chi connectivity index (χ4n) is 3.23. The van der Waals surface area contributed by atoms with Crippen LogP contribution in [0.5, 0.6) is 0 Å². The number of amides is 2. The predicted molar refractivity (Wildman–Crippen MR) is 118 cm³/mol. The van der Waals surface area contributed by atoms with Crippen LogP contribution in [0.15, 0.2) is 41.1 Å². The maximum absolute atomic E-state index is 12.4. The van der Waals surface area contributed by atoms with E-state index in [1.807, 2.05) is 35.0 Å². The van der Waals surface area contributed by atoms with Crippen molar-refractivity contribution in [2.75, 3.05) is 23.7 Å². The Morgan fingerprint density at radius 2 is 2.00 bits per heavy atom. The minimum Gasteiger partial charge on any atom is -0.325 e. The second-order valence-corrected chi connectivity index (χ2v) is 8.78. The Morgan fingerprint density at radius 1 is 1.17 bits per heavy atom.